The SMILES string of the molecule is COc1ccc(S(=O)(=O)NCCN(C(C)=O)c2ccccc2)cc1. The number of benzene rings is 2. The van der Waals surface area contributed by atoms with Crippen molar-refractivity contribution in [1.82, 2.24) is 4.72 Å². The van der Waals surface area contributed by atoms with E-state index in [4.69, 9.17) is 4.74 Å². The minimum Gasteiger partial charge on any atom is -0.497 e. The fraction of sp³-hybridized carbons (Fsp3) is 0.235. The first-order chi connectivity index (χ1) is 11.4. The zero-order valence-electron chi connectivity index (χ0n) is 13.6. The summed E-state index contributed by atoms with van der Waals surface area (Å²) in [6, 6.07) is 15.2. The summed E-state index contributed by atoms with van der Waals surface area (Å²) in [6.45, 7) is 1.81. The molecule has 1 amide bonds. The Hall–Kier alpha value is -2.38. The Labute approximate surface area is 142 Å². The molecule has 2 aromatic rings. The van der Waals surface area contributed by atoms with E-state index in [-0.39, 0.29) is 23.9 Å². The third-order valence-corrected chi connectivity index (χ3v) is 4.92. The molecule has 0 radical (unpaired) electrons. The number of nitrogens with zero attached hydrogens (tertiary/aromatic N) is 1. The normalized spacial score (nSPS) is 11.1. The highest BCUT2D eigenvalue weighted by molar-refractivity contribution is 7.89. The molecule has 1 N–H and O–H groups in total. The predicted octanol–water partition coefficient (Wildman–Crippen LogP) is 2.03. The Morgan fingerprint density at radius 2 is 1.71 bits per heavy atom. The number of ether oxygens (including phenoxy) is 1. The van der Waals surface area contributed by atoms with Crippen molar-refractivity contribution in [2.45, 2.75) is 11.8 Å². The van der Waals surface area contributed by atoms with Gasteiger partial charge in [-0.15, -0.1) is 0 Å². The molecule has 0 aliphatic carbocycles. The van der Waals surface area contributed by atoms with E-state index >= 15 is 0 Å². The average molecular weight is 348 g/mol. The van der Waals surface area contributed by atoms with Crippen LogP contribution in [0, 0.1) is 0 Å². The van der Waals surface area contributed by atoms with Crippen LogP contribution < -0.4 is 14.4 Å². The van der Waals surface area contributed by atoms with Crippen molar-refractivity contribution in [2.75, 3.05) is 25.1 Å². The van der Waals surface area contributed by atoms with Gasteiger partial charge in [-0.05, 0) is 36.4 Å². The summed E-state index contributed by atoms with van der Waals surface area (Å²) < 4.78 is 32.0. The van der Waals surface area contributed by atoms with Crippen molar-refractivity contribution in [2.24, 2.45) is 0 Å². The van der Waals surface area contributed by atoms with Gasteiger partial charge < -0.3 is 9.64 Å². The van der Waals surface area contributed by atoms with Crippen LogP contribution in [0.2, 0.25) is 0 Å². The second-order valence-corrected chi connectivity index (χ2v) is 6.85. The van der Waals surface area contributed by atoms with Crippen molar-refractivity contribution in [3.05, 3.63) is 54.6 Å². The van der Waals surface area contributed by atoms with Crippen molar-refractivity contribution < 1.29 is 17.9 Å². The number of carbonyl (C=O) groups is 1. The molecular formula is C17H20N2O4S. The molecule has 128 valence electrons. The highest BCUT2D eigenvalue weighted by Crippen LogP contribution is 2.16. The fourth-order valence-electron chi connectivity index (χ4n) is 2.21. The molecule has 0 aromatic heterocycles. The molecule has 0 saturated heterocycles. The summed E-state index contributed by atoms with van der Waals surface area (Å²) in [7, 11) is -2.12. The van der Waals surface area contributed by atoms with E-state index in [1.54, 1.807) is 24.3 Å². The molecule has 6 nitrogen and oxygen atoms in total. The van der Waals surface area contributed by atoms with E-state index in [0.717, 1.165) is 5.69 Å². The second-order valence-electron chi connectivity index (χ2n) is 5.08. The summed E-state index contributed by atoms with van der Waals surface area (Å²) in [5.74, 6) is 0.436. The Morgan fingerprint density at radius 3 is 2.25 bits per heavy atom. The standard InChI is InChI=1S/C17H20N2O4S/c1-14(20)19(15-6-4-3-5-7-15)13-12-18-24(21,22)17-10-8-16(23-2)9-11-17/h3-11,18H,12-13H2,1-2H3. The average Bonchev–Trinajstić information content (AvgIpc) is 2.59. The Bertz CT molecular complexity index is 774. The number of carbonyl (C=O) groups excluding carboxylic acids is 1. The summed E-state index contributed by atoms with van der Waals surface area (Å²) in [4.78, 5) is 13.4. The number of para-hydroxylation sites is 1. The highest BCUT2D eigenvalue weighted by atomic mass is 32.2. The lowest BCUT2D eigenvalue weighted by Gasteiger charge is -2.21. The zero-order chi connectivity index (χ0) is 17.6. The lowest BCUT2D eigenvalue weighted by Crippen LogP contribution is -2.37. The number of nitrogens with one attached hydrogen (secondary N) is 1. The number of methoxy groups -OCH3 is 1. The molecule has 0 aliphatic heterocycles. The molecule has 2 rings (SSSR count). The van der Waals surface area contributed by atoms with Gasteiger partial charge in [-0.3, -0.25) is 4.79 Å². The summed E-state index contributed by atoms with van der Waals surface area (Å²) in [5, 5.41) is 0. The van der Waals surface area contributed by atoms with Gasteiger partial charge in [-0.2, -0.15) is 0 Å². The van der Waals surface area contributed by atoms with Crippen LogP contribution in [0.15, 0.2) is 59.5 Å². The van der Waals surface area contributed by atoms with Crippen molar-refractivity contribution in [3.8, 4) is 5.75 Å². The zero-order valence-corrected chi connectivity index (χ0v) is 14.4. The maximum atomic E-state index is 12.3. The van der Waals surface area contributed by atoms with Gasteiger partial charge >= 0.3 is 0 Å². The van der Waals surface area contributed by atoms with Crippen LogP contribution in [0.3, 0.4) is 0 Å². The van der Waals surface area contributed by atoms with E-state index in [0.29, 0.717) is 5.75 Å². The molecule has 0 bridgehead atoms. The van der Waals surface area contributed by atoms with Gasteiger partial charge in [0.2, 0.25) is 15.9 Å². The number of anilines is 1. The summed E-state index contributed by atoms with van der Waals surface area (Å²) in [6.07, 6.45) is 0. The Kier molecular flexibility index (Phi) is 5.94. The molecule has 0 aliphatic rings. The second kappa shape index (κ2) is 7.94. The van der Waals surface area contributed by atoms with Gasteiger partial charge in [0.05, 0.1) is 12.0 Å². The summed E-state index contributed by atoms with van der Waals surface area (Å²) in [5.41, 5.74) is 0.730. The first-order valence-corrected chi connectivity index (χ1v) is 8.89. The van der Waals surface area contributed by atoms with Crippen LogP contribution >= 0.6 is 0 Å². The molecule has 0 fully saturated rings. The van der Waals surface area contributed by atoms with E-state index in [1.807, 2.05) is 18.2 Å². The van der Waals surface area contributed by atoms with Gasteiger partial charge in [0.25, 0.3) is 0 Å². The van der Waals surface area contributed by atoms with Crippen LogP contribution in [-0.2, 0) is 14.8 Å². The number of sulfonamides is 1. The first-order valence-electron chi connectivity index (χ1n) is 7.41. The van der Waals surface area contributed by atoms with Gasteiger partial charge in [0.15, 0.2) is 0 Å². The number of amides is 1. The quantitative estimate of drug-likeness (QED) is 0.831. The largest absolute Gasteiger partial charge is 0.497 e. The van der Waals surface area contributed by atoms with Crippen LogP contribution in [0.5, 0.6) is 5.75 Å². The van der Waals surface area contributed by atoms with Gasteiger partial charge in [-0.25, -0.2) is 13.1 Å². The van der Waals surface area contributed by atoms with Gasteiger partial charge in [-0.1, -0.05) is 18.2 Å². The molecule has 7 heteroatoms. The molecule has 0 saturated carbocycles. The van der Waals surface area contributed by atoms with Crippen molar-refractivity contribution >= 4 is 21.6 Å². The third-order valence-electron chi connectivity index (χ3n) is 3.45. The Morgan fingerprint density at radius 1 is 1.08 bits per heavy atom. The molecular weight excluding hydrogens is 328 g/mol. The number of rotatable bonds is 7. The van der Waals surface area contributed by atoms with Gasteiger partial charge in [0.1, 0.15) is 5.75 Å². The van der Waals surface area contributed by atoms with Crippen LogP contribution in [0.4, 0.5) is 5.69 Å². The van der Waals surface area contributed by atoms with E-state index in [2.05, 4.69) is 4.72 Å². The minimum absolute atomic E-state index is 0.114. The lowest BCUT2D eigenvalue weighted by atomic mass is 10.3. The first kappa shape index (κ1) is 18.0. The van der Waals surface area contributed by atoms with Crippen LogP contribution in [-0.4, -0.2) is 34.5 Å². The molecule has 0 unspecified atom stereocenters. The third kappa shape index (κ3) is 4.56. The van der Waals surface area contributed by atoms with E-state index in [1.165, 1.54) is 31.1 Å². The summed E-state index contributed by atoms with van der Waals surface area (Å²) >= 11 is 0. The van der Waals surface area contributed by atoms with Crippen molar-refractivity contribution in [3.63, 3.8) is 0 Å². The van der Waals surface area contributed by atoms with Gasteiger partial charge in [0, 0.05) is 25.7 Å². The highest BCUT2D eigenvalue weighted by Gasteiger charge is 2.16. The Balaban J connectivity index is 2.01. The smallest absolute Gasteiger partial charge is 0.240 e. The molecule has 0 spiro atoms. The number of hydrogen-bond donors (Lipinski definition) is 1. The maximum absolute atomic E-state index is 12.3. The van der Waals surface area contributed by atoms with E-state index in [9.17, 15) is 13.2 Å². The lowest BCUT2D eigenvalue weighted by molar-refractivity contribution is -0.116. The van der Waals surface area contributed by atoms with Crippen LogP contribution in [0.25, 0.3) is 0 Å². The monoisotopic (exact) mass is 348 g/mol. The number of hydrogen-bond acceptors (Lipinski definition) is 4. The maximum Gasteiger partial charge on any atom is 0.240 e. The van der Waals surface area contributed by atoms with Crippen LogP contribution in [0.1, 0.15) is 6.92 Å². The van der Waals surface area contributed by atoms with E-state index < -0.39 is 10.0 Å². The molecule has 2 aromatic carbocycles. The fourth-order valence-corrected chi connectivity index (χ4v) is 3.23. The molecule has 24 heavy (non-hydrogen) atoms. The molecule has 0 atom stereocenters. The topological polar surface area (TPSA) is 75.7 Å². The molecule has 0 heterocycles. The van der Waals surface area contributed by atoms with Crippen molar-refractivity contribution in [1.29, 1.82) is 0 Å². The predicted molar refractivity (Wildman–Crippen MR) is 92.7 cm³/mol. The minimum atomic E-state index is -3.63.